The van der Waals surface area contributed by atoms with E-state index in [1.165, 1.54) is 27.4 Å². The summed E-state index contributed by atoms with van der Waals surface area (Å²) in [4.78, 5) is 11.4. The zero-order chi connectivity index (χ0) is 14.0. The number of quaternary nitrogens is 1. The van der Waals surface area contributed by atoms with Crippen molar-refractivity contribution < 1.29 is 18.2 Å². The van der Waals surface area contributed by atoms with Crippen LogP contribution < -0.4 is 4.90 Å². The highest BCUT2D eigenvalue weighted by molar-refractivity contribution is 7.89. The third kappa shape index (κ3) is 2.91. The molecule has 1 aliphatic heterocycles. The molecule has 1 fully saturated rings. The summed E-state index contributed by atoms with van der Waals surface area (Å²) in [6.07, 6.45) is 0. The van der Waals surface area contributed by atoms with Crippen LogP contribution in [-0.4, -0.2) is 50.9 Å². The van der Waals surface area contributed by atoms with Crippen molar-refractivity contribution in [3.63, 3.8) is 0 Å². The Morgan fingerprint density at radius 2 is 1.95 bits per heavy atom. The van der Waals surface area contributed by atoms with Gasteiger partial charge in [0.15, 0.2) is 0 Å². The quantitative estimate of drug-likeness (QED) is 0.577. The number of piperazine rings is 1. The van der Waals surface area contributed by atoms with Crippen LogP contribution in [0.3, 0.4) is 0 Å². The molecule has 0 radical (unpaired) electrons. The Balaban J connectivity index is 2.29. The van der Waals surface area contributed by atoms with Crippen molar-refractivity contribution in [2.45, 2.75) is 4.90 Å². The van der Waals surface area contributed by atoms with Crippen molar-refractivity contribution in [3.8, 4) is 0 Å². The van der Waals surface area contributed by atoms with Crippen LogP contribution in [0.15, 0.2) is 29.2 Å². The van der Waals surface area contributed by atoms with E-state index < -0.39 is 14.9 Å². The molecule has 0 spiro atoms. The number of nitrogens with one attached hydrogen (secondary N) is 1. The molecule has 1 heterocycles. The zero-order valence-corrected chi connectivity index (χ0v) is 11.4. The van der Waals surface area contributed by atoms with E-state index in [1.807, 2.05) is 7.05 Å². The van der Waals surface area contributed by atoms with Gasteiger partial charge in [-0.25, -0.2) is 8.42 Å². The monoisotopic (exact) mass is 286 g/mol. The van der Waals surface area contributed by atoms with E-state index >= 15 is 0 Å². The summed E-state index contributed by atoms with van der Waals surface area (Å²) in [5, 5.41) is 10.7. The first-order chi connectivity index (χ1) is 8.91. The molecule has 19 heavy (non-hydrogen) atoms. The van der Waals surface area contributed by atoms with Crippen molar-refractivity contribution >= 4 is 15.7 Å². The molecule has 0 unspecified atom stereocenters. The Hall–Kier alpha value is -1.51. The van der Waals surface area contributed by atoms with E-state index in [2.05, 4.69) is 0 Å². The normalized spacial score (nSPS) is 18.4. The van der Waals surface area contributed by atoms with Gasteiger partial charge in [-0.2, -0.15) is 4.31 Å². The zero-order valence-electron chi connectivity index (χ0n) is 10.6. The summed E-state index contributed by atoms with van der Waals surface area (Å²) in [7, 11) is -1.61. The number of non-ortho nitro benzene ring substituents is 1. The molecule has 1 aromatic rings. The topological polar surface area (TPSA) is 85.0 Å². The molecule has 104 valence electrons. The first-order valence-corrected chi connectivity index (χ1v) is 7.41. The third-order valence-electron chi connectivity index (χ3n) is 3.24. The Morgan fingerprint density at radius 1 is 1.32 bits per heavy atom. The molecule has 1 saturated heterocycles. The van der Waals surface area contributed by atoms with Gasteiger partial charge in [0, 0.05) is 12.1 Å². The highest BCUT2D eigenvalue weighted by Crippen LogP contribution is 2.20. The SMILES string of the molecule is C[NH+]1CCN(S(=O)(=O)c2cccc([N+](=O)[O-])c2)CC1. The number of nitro groups is 1. The minimum Gasteiger partial charge on any atom is -0.335 e. The number of benzene rings is 1. The van der Waals surface area contributed by atoms with Crippen LogP contribution in [0.5, 0.6) is 0 Å². The molecule has 2 rings (SSSR count). The molecule has 0 aromatic heterocycles. The first kappa shape index (κ1) is 13.9. The van der Waals surface area contributed by atoms with Crippen molar-refractivity contribution in [2.75, 3.05) is 33.2 Å². The second kappa shape index (κ2) is 5.24. The lowest BCUT2D eigenvalue weighted by Crippen LogP contribution is -3.12. The maximum absolute atomic E-state index is 12.4. The number of nitrogens with zero attached hydrogens (tertiary/aromatic N) is 2. The van der Waals surface area contributed by atoms with E-state index in [9.17, 15) is 18.5 Å². The second-order valence-corrected chi connectivity index (χ2v) is 6.55. The van der Waals surface area contributed by atoms with Crippen molar-refractivity contribution in [2.24, 2.45) is 0 Å². The fraction of sp³-hybridized carbons (Fsp3) is 0.455. The molecule has 0 saturated carbocycles. The molecule has 0 aliphatic carbocycles. The lowest BCUT2D eigenvalue weighted by molar-refractivity contribution is -0.883. The lowest BCUT2D eigenvalue weighted by atomic mass is 10.3. The summed E-state index contributed by atoms with van der Waals surface area (Å²) in [5.74, 6) is 0. The van der Waals surface area contributed by atoms with Crippen LogP contribution in [0, 0.1) is 10.1 Å². The standard InChI is InChI=1S/C11H15N3O4S/c1-12-5-7-13(8-6-12)19(17,18)11-4-2-3-10(9-11)14(15)16/h2-4,9H,5-8H2,1H3/p+1. The number of hydrogen-bond donors (Lipinski definition) is 1. The van der Waals surface area contributed by atoms with Gasteiger partial charge in [-0.05, 0) is 6.07 Å². The van der Waals surface area contributed by atoms with Crippen molar-refractivity contribution in [1.82, 2.24) is 4.31 Å². The van der Waals surface area contributed by atoms with Gasteiger partial charge in [-0.3, -0.25) is 10.1 Å². The van der Waals surface area contributed by atoms with E-state index in [0.717, 1.165) is 19.2 Å². The summed E-state index contributed by atoms with van der Waals surface area (Å²) < 4.78 is 26.1. The van der Waals surface area contributed by atoms with Crippen LogP contribution in [0.25, 0.3) is 0 Å². The number of rotatable bonds is 3. The molecular weight excluding hydrogens is 270 g/mol. The Bertz CT molecular complexity index is 579. The first-order valence-electron chi connectivity index (χ1n) is 5.97. The number of hydrogen-bond acceptors (Lipinski definition) is 4. The predicted octanol–water partition coefficient (Wildman–Crippen LogP) is -0.886. The Morgan fingerprint density at radius 3 is 2.53 bits per heavy atom. The summed E-state index contributed by atoms with van der Waals surface area (Å²) in [5.41, 5.74) is -0.208. The van der Waals surface area contributed by atoms with Crippen LogP contribution in [0.2, 0.25) is 0 Å². The van der Waals surface area contributed by atoms with E-state index in [4.69, 9.17) is 0 Å². The average Bonchev–Trinajstić information content (AvgIpc) is 2.39. The molecule has 8 heteroatoms. The third-order valence-corrected chi connectivity index (χ3v) is 5.14. The molecular formula is C11H16N3O4S+. The molecule has 0 atom stereocenters. The minimum absolute atomic E-state index is 0.0127. The highest BCUT2D eigenvalue weighted by atomic mass is 32.2. The molecule has 0 bridgehead atoms. The van der Waals surface area contributed by atoms with Crippen molar-refractivity contribution in [3.05, 3.63) is 34.4 Å². The largest absolute Gasteiger partial charge is 0.335 e. The Kier molecular flexibility index (Phi) is 3.83. The van der Waals surface area contributed by atoms with Gasteiger partial charge in [0.1, 0.15) is 0 Å². The smallest absolute Gasteiger partial charge is 0.270 e. The minimum atomic E-state index is -3.63. The van der Waals surface area contributed by atoms with Gasteiger partial charge < -0.3 is 4.90 Å². The van der Waals surface area contributed by atoms with Crippen LogP contribution in [-0.2, 0) is 10.0 Å². The van der Waals surface area contributed by atoms with Gasteiger partial charge in [0.05, 0.1) is 43.0 Å². The second-order valence-electron chi connectivity index (χ2n) is 4.62. The van der Waals surface area contributed by atoms with E-state index in [1.54, 1.807) is 0 Å². The van der Waals surface area contributed by atoms with E-state index in [-0.39, 0.29) is 10.6 Å². The van der Waals surface area contributed by atoms with Crippen LogP contribution in [0.4, 0.5) is 5.69 Å². The fourth-order valence-corrected chi connectivity index (χ4v) is 3.50. The fourth-order valence-electron chi connectivity index (χ4n) is 2.01. The van der Waals surface area contributed by atoms with Crippen molar-refractivity contribution in [1.29, 1.82) is 0 Å². The Labute approximate surface area is 111 Å². The maximum Gasteiger partial charge on any atom is 0.270 e. The summed E-state index contributed by atoms with van der Waals surface area (Å²) in [6, 6.07) is 5.19. The number of likely N-dealkylation sites (N-methyl/N-ethyl adjacent to an activating group) is 1. The van der Waals surface area contributed by atoms with Gasteiger partial charge in [-0.1, -0.05) is 6.07 Å². The number of nitro benzene ring substituents is 1. The average molecular weight is 286 g/mol. The maximum atomic E-state index is 12.4. The summed E-state index contributed by atoms with van der Waals surface area (Å²) >= 11 is 0. The predicted molar refractivity (Wildman–Crippen MR) is 68.5 cm³/mol. The molecule has 0 amide bonds. The number of sulfonamides is 1. The molecule has 1 aliphatic rings. The van der Waals surface area contributed by atoms with E-state index in [0.29, 0.717) is 13.1 Å². The highest BCUT2D eigenvalue weighted by Gasteiger charge is 2.29. The van der Waals surface area contributed by atoms with Gasteiger partial charge in [0.2, 0.25) is 10.0 Å². The van der Waals surface area contributed by atoms with Gasteiger partial charge >= 0.3 is 0 Å². The van der Waals surface area contributed by atoms with Gasteiger partial charge in [0.25, 0.3) is 5.69 Å². The van der Waals surface area contributed by atoms with Crippen LogP contribution in [0.1, 0.15) is 0 Å². The van der Waals surface area contributed by atoms with Gasteiger partial charge in [-0.15, -0.1) is 0 Å². The lowest BCUT2D eigenvalue weighted by Gasteiger charge is -2.29. The molecule has 7 nitrogen and oxygen atoms in total. The molecule has 1 N–H and O–H groups in total. The van der Waals surface area contributed by atoms with Crippen LogP contribution >= 0.6 is 0 Å². The summed E-state index contributed by atoms with van der Waals surface area (Å²) in [6.45, 7) is 2.37. The molecule has 1 aromatic carbocycles.